The molecule has 1 saturated heterocycles. The largest absolute Gasteiger partial charge is 0.303 e. The van der Waals surface area contributed by atoms with Gasteiger partial charge < -0.3 is 5.32 Å². The van der Waals surface area contributed by atoms with Crippen LogP contribution >= 0.6 is 0 Å². The summed E-state index contributed by atoms with van der Waals surface area (Å²) >= 11 is 0. The van der Waals surface area contributed by atoms with Gasteiger partial charge in [-0.3, -0.25) is 4.90 Å². The molecule has 0 saturated carbocycles. The fourth-order valence-corrected chi connectivity index (χ4v) is 2.38. The zero-order valence-electron chi connectivity index (χ0n) is 10.5. The summed E-state index contributed by atoms with van der Waals surface area (Å²) in [6.45, 7) is 4.32. The summed E-state index contributed by atoms with van der Waals surface area (Å²) in [7, 11) is 0. The molecule has 0 spiro atoms. The Hall–Kier alpha value is -1.64. The van der Waals surface area contributed by atoms with E-state index in [4.69, 9.17) is 0 Å². The zero-order chi connectivity index (χ0) is 12.2. The average Bonchev–Trinajstić information content (AvgIpc) is 2.94. The molecule has 2 nitrogen and oxygen atoms in total. The highest BCUT2D eigenvalue weighted by Crippen LogP contribution is 2.19. The predicted molar refractivity (Wildman–Crippen MR) is 75.2 cm³/mol. The van der Waals surface area contributed by atoms with E-state index >= 15 is 0 Å². The molecule has 0 amide bonds. The van der Waals surface area contributed by atoms with Crippen LogP contribution in [0.1, 0.15) is 5.56 Å². The van der Waals surface area contributed by atoms with Crippen molar-refractivity contribution in [2.24, 2.45) is 0 Å². The van der Waals surface area contributed by atoms with E-state index in [1.165, 1.54) is 16.7 Å². The van der Waals surface area contributed by atoms with Crippen LogP contribution in [0, 0.1) is 0 Å². The lowest BCUT2D eigenvalue weighted by Crippen LogP contribution is -2.21. The second-order valence-electron chi connectivity index (χ2n) is 4.77. The highest BCUT2D eigenvalue weighted by Gasteiger charge is 2.10. The smallest absolute Gasteiger partial charge is 0.0484 e. The lowest BCUT2D eigenvalue weighted by molar-refractivity contribution is 0.327. The van der Waals surface area contributed by atoms with Crippen molar-refractivity contribution in [2.75, 3.05) is 19.8 Å². The summed E-state index contributed by atoms with van der Waals surface area (Å²) in [5.41, 5.74) is 3.96. The van der Waals surface area contributed by atoms with Crippen molar-refractivity contribution in [1.29, 1.82) is 0 Å². The van der Waals surface area contributed by atoms with Gasteiger partial charge in [-0.2, -0.15) is 0 Å². The van der Waals surface area contributed by atoms with Gasteiger partial charge in [0.1, 0.15) is 0 Å². The Morgan fingerprint density at radius 2 is 1.61 bits per heavy atom. The normalized spacial score (nSPS) is 16.0. The van der Waals surface area contributed by atoms with E-state index in [2.05, 4.69) is 64.8 Å². The molecule has 1 aliphatic rings. The molecule has 0 atom stereocenters. The maximum atomic E-state index is 3.36. The van der Waals surface area contributed by atoms with E-state index in [1.54, 1.807) is 0 Å². The standard InChI is InChI=1S/C16H18N2/c1-2-4-15(5-3-1)16-8-6-14(7-9-16)12-18-11-10-17-13-18/h1-9,17H,10-13H2. The molecule has 0 unspecified atom stereocenters. The number of hydrogen-bond acceptors (Lipinski definition) is 2. The van der Waals surface area contributed by atoms with E-state index in [1.807, 2.05) is 0 Å². The van der Waals surface area contributed by atoms with Crippen molar-refractivity contribution >= 4 is 0 Å². The maximum absolute atomic E-state index is 3.36. The van der Waals surface area contributed by atoms with Crippen LogP contribution < -0.4 is 5.32 Å². The molecular formula is C16H18N2. The molecule has 92 valence electrons. The molecule has 2 aromatic rings. The number of nitrogens with zero attached hydrogens (tertiary/aromatic N) is 1. The van der Waals surface area contributed by atoms with Gasteiger partial charge in [0.2, 0.25) is 0 Å². The van der Waals surface area contributed by atoms with E-state index < -0.39 is 0 Å². The average molecular weight is 238 g/mol. The quantitative estimate of drug-likeness (QED) is 0.884. The Kier molecular flexibility index (Phi) is 3.40. The van der Waals surface area contributed by atoms with Gasteiger partial charge in [-0.05, 0) is 16.7 Å². The summed E-state index contributed by atoms with van der Waals surface area (Å²) < 4.78 is 0. The molecule has 1 N–H and O–H groups in total. The Balaban J connectivity index is 1.72. The third-order valence-electron chi connectivity index (χ3n) is 3.41. The van der Waals surface area contributed by atoms with Crippen molar-refractivity contribution in [3.8, 4) is 11.1 Å². The van der Waals surface area contributed by atoms with Crippen LogP contribution in [0.2, 0.25) is 0 Å². The summed E-state index contributed by atoms with van der Waals surface area (Å²) in [4.78, 5) is 2.43. The second-order valence-corrected chi connectivity index (χ2v) is 4.77. The van der Waals surface area contributed by atoms with Gasteiger partial charge in [-0.1, -0.05) is 54.6 Å². The van der Waals surface area contributed by atoms with Crippen molar-refractivity contribution in [2.45, 2.75) is 6.54 Å². The Morgan fingerprint density at radius 1 is 0.889 bits per heavy atom. The molecule has 1 fully saturated rings. The molecule has 2 aromatic carbocycles. The predicted octanol–water partition coefficient (Wildman–Crippen LogP) is 2.72. The SMILES string of the molecule is c1ccc(-c2ccc(CN3CCNC3)cc2)cc1. The molecular weight excluding hydrogens is 220 g/mol. The van der Waals surface area contributed by atoms with Gasteiger partial charge in [-0.25, -0.2) is 0 Å². The minimum Gasteiger partial charge on any atom is -0.303 e. The first kappa shape index (κ1) is 11.5. The monoisotopic (exact) mass is 238 g/mol. The first-order valence-electron chi connectivity index (χ1n) is 6.49. The van der Waals surface area contributed by atoms with Crippen molar-refractivity contribution in [1.82, 2.24) is 10.2 Å². The molecule has 1 aliphatic heterocycles. The molecule has 2 heteroatoms. The molecule has 0 bridgehead atoms. The van der Waals surface area contributed by atoms with Crippen LogP contribution in [0.25, 0.3) is 11.1 Å². The van der Waals surface area contributed by atoms with Gasteiger partial charge in [0, 0.05) is 26.3 Å². The number of rotatable bonds is 3. The van der Waals surface area contributed by atoms with Crippen LogP contribution in [0.3, 0.4) is 0 Å². The van der Waals surface area contributed by atoms with Crippen LogP contribution in [-0.2, 0) is 6.54 Å². The van der Waals surface area contributed by atoms with E-state index in [9.17, 15) is 0 Å². The minimum absolute atomic E-state index is 1.01. The molecule has 0 aliphatic carbocycles. The van der Waals surface area contributed by atoms with Crippen molar-refractivity contribution < 1.29 is 0 Å². The molecule has 3 rings (SSSR count). The first-order valence-corrected chi connectivity index (χ1v) is 6.49. The first-order chi connectivity index (χ1) is 8.92. The Bertz CT molecular complexity index is 484. The van der Waals surface area contributed by atoms with Crippen LogP contribution in [0.4, 0.5) is 0 Å². The van der Waals surface area contributed by atoms with Gasteiger partial charge in [-0.15, -0.1) is 0 Å². The van der Waals surface area contributed by atoms with E-state index in [0.717, 1.165) is 26.3 Å². The fraction of sp³-hybridized carbons (Fsp3) is 0.250. The Labute approximate surface area is 108 Å². The lowest BCUT2D eigenvalue weighted by atomic mass is 10.0. The van der Waals surface area contributed by atoms with Crippen LogP contribution in [0.5, 0.6) is 0 Å². The number of benzene rings is 2. The topological polar surface area (TPSA) is 15.3 Å². The van der Waals surface area contributed by atoms with Gasteiger partial charge in [0.25, 0.3) is 0 Å². The summed E-state index contributed by atoms with van der Waals surface area (Å²) in [6, 6.07) is 19.4. The number of nitrogens with one attached hydrogen (secondary N) is 1. The highest BCUT2D eigenvalue weighted by molar-refractivity contribution is 5.63. The molecule has 0 aromatic heterocycles. The Morgan fingerprint density at radius 3 is 2.28 bits per heavy atom. The van der Waals surface area contributed by atoms with Crippen molar-refractivity contribution in [3.05, 3.63) is 60.2 Å². The van der Waals surface area contributed by atoms with E-state index in [-0.39, 0.29) is 0 Å². The second kappa shape index (κ2) is 5.34. The van der Waals surface area contributed by atoms with Crippen LogP contribution in [0.15, 0.2) is 54.6 Å². The van der Waals surface area contributed by atoms with E-state index in [0.29, 0.717) is 0 Å². The fourth-order valence-electron chi connectivity index (χ4n) is 2.38. The summed E-state index contributed by atoms with van der Waals surface area (Å²) in [5.74, 6) is 0. The zero-order valence-corrected chi connectivity index (χ0v) is 10.5. The summed E-state index contributed by atoms with van der Waals surface area (Å²) in [6.07, 6.45) is 0. The third kappa shape index (κ3) is 2.61. The van der Waals surface area contributed by atoms with Gasteiger partial charge in [0.05, 0.1) is 0 Å². The lowest BCUT2D eigenvalue weighted by Gasteiger charge is -2.13. The minimum atomic E-state index is 1.01. The summed E-state index contributed by atoms with van der Waals surface area (Å²) in [5, 5.41) is 3.36. The van der Waals surface area contributed by atoms with Gasteiger partial charge in [0.15, 0.2) is 0 Å². The molecule has 0 radical (unpaired) electrons. The highest BCUT2D eigenvalue weighted by atomic mass is 15.3. The molecule has 1 heterocycles. The van der Waals surface area contributed by atoms with Crippen molar-refractivity contribution in [3.63, 3.8) is 0 Å². The third-order valence-corrected chi connectivity index (χ3v) is 3.41. The van der Waals surface area contributed by atoms with Gasteiger partial charge >= 0.3 is 0 Å². The number of hydrogen-bond donors (Lipinski definition) is 1. The maximum Gasteiger partial charge on any atom is 0.0484 e. The molecule has 18 heavy (non-hydrogen) atoms. The van der Waals surface area contributed by atoms with Crippen LogP contribution in [-0.4, -0.2) is 24.7 Å².